The van der Waals surface area contributed by atoms with Crippen LogP contribution in [0.5, 0.6) is 0 Å². The summed E-state index contributed by atoms with van der Waals surface area (Å²) in [6.07, 6.45) is 4.33. The van der Waals surface area contributed by atoms with Gasteiger partial charge in [-0.15, -0.1) is 0 Å². The molecule has 2 N–H and O–H groups in total. The third-order valence-corrected chi connectivity index (χ3v) is 7.74. The zero-order chi connectivity index (χ0) is 26.3. The summed E-state index contributed by atoms with van der Waals surface area (Å²) in [5.41, 5.74) is 1.34. The van der Waals surface area contributed by atoms with Gasteiger partial charge in [0.25, 0.3) is 5.91 Å². The maximum absolute atomic E-state index is 13.4. The smallest absolute Gasteiger partial charge is 0.251 e. The highest BCUT2D eigenvalue weighted by Gasteiger charge is 2.34. The van der Waals surface area contributed by atoms with Crippen molar-refractivity contribution in [3.8, 4) is 0 Å². The summed E-state index contributed by atoms with van der Waals surface area (Å²) in [5.74, 6) is 1.72. The fourth-order valence-electron chi connectivity index (χ4n) is 4.41. The van der Waals surface area contributed by atoms with Crippen molar-refractivity contribution >= 4 is 27.6 Å². The molecule has 1 aliphatic rings. The number of hydrogen-bond acceptors (Lipinski definition) is 6. The number of amides is 1. The summed E-state index contributed by atoms with van der Waals surface area (Å²) in [5, 5.41) is 12.8. The number of aromatic nitrogens is 1. The van der Waals surface area contributed by atoms with Crippen molar-refractivity contribution in [3.05, 3.63) is 53.6 Å². The average molecular weight is 517 g/mol. The van der Waals surface area contributed by atoms with Gasteiger partial charge in [0.05, 0.1) is 18.9 Å². The van der Waals surface area contributed by atoms with Gasteiger partial charge in [-0.2, -0.15) is 0 Å². The van der Waals surface area contributed by atoms with Crippen LogP contribution >= 0.6 is 0 Å². The van der Waals surface area contributed by atoms with Crippen LogP contribution in [0.25, 0.3) is 0 Å². The first-order valence-electron chi connectivity index (χ1n) is 12.9. The van der Waals surface area contributed by atoms with Crippen molar-refractivity contribution in [1.82, 2.24) is 10.3 Å². The number of nitrogens with one attached hydrogen (secondary N) is 1. The van der Waals surface area contributed by atoms with Crippen molar-refractivity contribution in [2.24, 2.45) is 11.8 Å². The first-order valence-corrected chi connectivity index (χ1v) is 14.7. The number of aliphatic hydroxyl groups excluding tert-OH is 1. The minimum absolute atomic E-state index is 0.210. The molecule has 1 saturated carbocycles. The number of pyridine rings is 1. The summed E-state index contributed by atoms with van der Waals surface area (Å²) < 4.78 is 26.5. The molecule has 1 heterocycles. The Bertz CT molecular complexity index is 1110. The second-order valence-corrected chi connectivity index (χ2v) is 11.8. The van der Waals surface area contributed by atoms with Crippen LogP contribution in [0, 0.1) is 11.8 Å². The minimum Gasteiger partial charge on any atom is -0.394 e. The van der Waals surface area contributed by atoms with Gasteiger partial charge >= 0.3 is 0 Å². The van der Waals surface area contributed by atoms with E-state index in [0.29, 0.717) is 36.1 Å². The first kappa shape index (κ1) is 27.9. The molecule has 1 aromatic carbocycles. The van der Waals surface area contributed by atoms with E-state index in [0.717, 1.165) is 37.8 Å². The maximum Gasteiger partial charge on any atom is 0.251 e. The van der Waals surface area contributed by atoms with Crippen molar-refractivity contribution in [3.63, 3.8) is 0 Å². The Morgan fingerprint density at radius 3 is 2.33 bits per heavy atom. The van der Waals surface area contributed by atoms with Gasteiger partial charge < -0.3 is 15.3 Å². The molecular weight excluding hydrogens is 476 g/mol. The van der Waals surface area contributed by atoms with E-state index in [1.54, 1.807) is 6.07 Å². The number of rotatable bonds is 14. The Morgan fingerprint density at radius 1 is 1.14 bits per heavy atom. The van der Waals surface area contributed by atoms with Crippen LogP contribution in [0.4, 0.5) is 11.6 Å². The van der Waals surface area contributed by atoms with E-state index in [-0.39, 0.29) is 24.9 Å². The lowest BCUT2D eigenvalue weighted by Crippen LogP contribution is -2.39. The highest BCUT2D eigenvalue weighted by molar-refractivity contribution is 7.92. The standard InChI is InChI=1S/C27H40N4O4S/c1-5-12-30(18-23-14-20(23)3)25-16-22(17-26(29-25)31(13-6-2)36(4,34)35)27(33)28-24(19-32)15-21-10-8-7-9-11-21/h7-11,16-17,20,23-24,32H,5-6,12-15,18-19H2,1-4H3,(H,28,33)/t20?,23?,24-/m0/s1. The summed E-state index contributed by atoms with van der Waals surface area (Å²) >= 11 is 0. The van der Waals surface area contributed by atoms with Gasteiger partial charge in [0.1, 0.15) is 11.6 Å². The molecule has 0 aliphatic heterocycles. The van der Waals surface area contributed by atoms with E-state index in [1.165, 1.54) is 10.4 Å². The van der Waals surface area contributed by atoms with E-state index < -0.39 is 16.1 Å². The van der Waals surface area contributed by atoms with Gasteiger partial charge in [0, 0.05) is 25.2 Å². The number of carbonyl (C=O) groups is 1. The van der Waals surface area contributed by atoms with Crippen LogP contribution in [0.15, 0.2) is 42.5 Å². The molecule has 3 atom stereocenters. The molecule has 2 aromatic rings. The Kier molecular flexibility index (Phi) is 9.73. The Hall–Kier alpha value is -2.65. The molecule has 0 bridgehead atoms. The molecule has 0 radical (unpaired) electrons. The quantitative estimate of drug-likeness (QED) is 0.399. The number of carbonyl (C=O) groups excluding carboxylic acids is 1. The van der Waals surface area contributed by atoms with Crippen molar-refractivity contribution in [2.75, 3.05) is 41.7 Å². The van der Waals surface area contributed by atoms with Crippen LogP contribution in [-0.2, 0) is 16.4 Å². The lowest BCUT2D eigenvalue weighted by molar-refractivity contribution is 0.0916. The molecule has 2 unspecified atom stereocenters. The third-order valence-electron chi connectivity index (χ3n) is 6.57. The molecule has 9 heteroatoms. The highest BCUT2D eigenvalue weighted by atomic mass is 32.2. The predicted molar refractivity (Wildman–Crippen MR) is 145 cm³/mol. The van der Waals surface area contributed by atoms with E-state index >= 15 is 0 Å². The number of nitrogens with zero attached hydrogens (tertiary/aromatic N) is 3. The Morgan fingerprint density at radius 2 is 1.78 bits per heavy atom. The van der Waals surface area contributed by atoms with E-state index in [2.05, 4.69) is 24.1 Å². The molecule has 0 spiro atoms. The topological polar surface area (TPSA) is 103 Å². The molecule has 1 aromatic heterocycles. The van der Waals surface area contributed by atoms with E-state index in [1.807, 2.05) is 37.3 Å². The second kappa shape index (κ2) is 12.5. The van der Waals surface area contributed by atoms with Gasteiger partial charge in [-0.25, -0.2) is 13.4 Å². The average Bonchev–Trinajstić information content (AvgIpc) is 3.55. The highest BCUT2D eigenvalue weighted by Crippen LogP contribution is 2.39. The first-order chi connectivity index (χ1) is 17.2. The largest absolute Gasteiger partial charge is 0.394 e. The summed E-state index contributed by atoms with van der Waals surface area (Å²) in [6.45, 7) is 7.88. The van der Waals surface area contributed by atoms with Crippen LogP contribution < -0.4 is 14.5 Å². The van der Waals surface area contributed by atoms with E-state index in [4.69, 9.17) is 4.98 Å². The number of aliphatic hydroxyl groups is 1. The van der Waals surface area contributed by atoms with Crippen molar-refractivity contribution in [2.45, 2.75) is 52.5 Å². The molecule has 3 rings (SSSR count). The van der Waals surface area contributed by atoms with Crippen LogP contribution in [0.1, 0.15) is 56.0 Å². The maximum atomic E-state index is 13.4. The molecule has 8 nitrogen and oxygen atoms in total. The van der Waals surface area contributed by atoms with Gasteiger partial charge in [-0.1, -0.05) is 51.1 Å². The van der Waals surface area contributed by atoms with Crippen LogP contribution in [-0.4, -0.2) is 63.0 Å². The molecule has 198 valence electrons. The van der Waals surface area contributed by atoms with Crippen LogP contribution in [0.3, 0.4) is 0 Å². The number of anilines is 2. The summed E-state index contributed by atoms with van der Waals surface area (Å²) in [4.78, 5) is 20.3. The SMILES string of the molecule is CCCN(CC1CC1C)c1cc(C(=O)N[C@H](CO)Cc2ccccc2)cc(N(CCC)S(C)(=O)=O)n1. The van der Waals surface area contributed by atoms with Crippen LogP contribution in [0.2, 0.25) is 0 Å². The zero-order valence-corrected chi connectivity index (χ0v) is 22.7. The van der Waals surface area contributed by atoms with Gasteiger partial charge in [-0.3, -0.25) is 9.10 Å². The minimum atomic E-state index is -3.58. The number of sulfonamides is 1. The number of hydrogen-bond donors (Lipinski definition) is 2. The molecule has 1 fully saturated rings. The molecule has 1 amide bonds. The summed E-state index contributed by atoms with van der Waals surface area (Å²) in [7, 11) is -3.58. The normalized spacial score (nSPS) is 17.9. The second-order valence-electron chi connectivity index (χ2n) is 9.87. The summed E-state index contributed by atoms with van der Waals surface area (Å²) in [6, 6.07) is 12.5. The predicted octanol–water partition coefficient (Wildman–Crippen LogP) is 3.46. The lowest BCUT2D eigenvalue weighted by Gasteiger charge is -2.27. The Labute approximate surface area is 215 Å². The third kappa shape index (κ3) is 7.67. The van der Waals surface area contributed by atoms with Crippen molar-refractivity contribution in [1.29, 1.82) is 0 Å². The van der Waals surface area contributed by atoms with Crippen molar-refractivity contribution < 1.29 is 18.3 Å². The molecule has 36 heavy (non-hydrogen) atoms. The number of benzene rings is 1. The fourth-order valence-corrected chi connectivity index (χ4v) is 5.36. The van der Waals surface area contributed by atoms with Gasteiger partial charge in [-0.05, 0) is 55.2 Å². The Balaban J connectivity index is 1.95. The van der Waals surface area contributed by atoms with Gasteiger partial charge in [0.2, 0.25) is 10.0 Å². The molecular formula is C27H40N4O4S. The lowest BCUT2D eigenvalue weighted by atomic mass is 10.1. The van der Waals surface area contributed by atoms with E-state index in [9.17, 15) is 18.3 Å². The van der Waals surface area contributed by atoms with Gasteiger partial charge in [0.15, 0.2) is 0 Å². The fraction of sp³-hybridized carbons (Fsp3) is 0.556. The molecule has 1 aliphatic carbocycles. The molecule has 0 saturated heterocycles. The monoisotopic (exact) mass is 516 g/mol. The zero-order valence-electron chi connectivity index (χ0n) is 21.9.